The first-order valence-corrected chi connectivity index (χ1v) is 13.2. The van der Waals surface area contributed by atoms with Crippen molar-refractivity contribution in [3.8, 4) is 5.75 Å². The van der Waals surface area contributed by atoms with Gasteiger partial charge in [-0.2, -0.15) is 0 Å². The molecule has 0 fully saturated rings. The molecule has 0 saturated carbocycles. The highest BCUT2D eigenvalue weighted by Gasteiger charge is 2.29. The highest BCUT2D eigenvalue weighted by molar-refractivity contribution is 7.18. The molecule has 8 heteroatoms. The molecule has 1 unspecified atom stereocenters. The van der Waals surface area contributed by atoms with Crippen LogP contribution in [0.1, 0.15) is 62.9 Å². The van der Waals surface area contributed by atoms with E-state index >= 15 is 0 Å². The Kier molecular flexibility index (Phi) is 5.84. The summed E-state index contributed by atoms with van der Waals surface area (Å²) in [6.45, 7) is 5.59. The SMILES string of the molecule is Cc1sc2nc(C(C)OC(=O)c3c4c(nc5ccccc35)C(=Cc3ccc(O)cc3)CC4)[nH]c(=O)c2c1C. The minimum absolute atomic E-state index is 0.210. The molecule has 190 valence electrons. The number of esters is 1. The van der Waals surface area contributed by atoms with Crippen molar-refractivity contribution >= 4 is 50.1 Å². The summed E-state index contributed by atoms with van der Waals surface area (Å²) in [5.41, 5.74) is 5.51. The van der Waals surface area contributed by atoms with E-state index in [4.69, 9.17) is 9.72 Å². The Bertz CT molecular complexity index is 1830. The van der Waals surface area contributed by atoms with Crippen molar-refractivity contribution in [2.75, 3.05) is 0 Å². The quantitative estimate of drug-likeness (QED) is 0.269. The van der Waals surface area contributed by atoms with E-state index in [9.17, 15) is 14.7 Å². The summed E-state index contributed by atoms with van der Waals surface area (Å²) in [6, 6.07) is 14.5. The topological polar surface area (TPSA) is 105 Å². The third-order valence-corrected chi connectivity index (χ3v) is 8.21. The van der Waals surface area contributed by atoms with Gasteiger partial charge in [-0.3, -0.25) is 4.79 Å². The van der Waals surface area contributed by atoms with E-state index in [0.29, 0.717) is 33.5 Å². The zero-order valence-electron chi connectivity index (χ0n) is 21.2. The number of hydrogen-bond donors (Lipinski definition) is 2. The monoisotopic (exact) mass is 523 g/mol. The normalized spacial score (nSPS) is 14.8. The molecule has 0 radical (unpaired) electrons. The molecule has 0 saturated heterocycles. The number of benzene rings is 2. The van der Waals surface area contributed by atoms with Gasteiger partial charge >= 0.3 is 5.97 Å². The number of aromatic hydroxyl groups is 1. The number of ether oxygens (including phenoxy) is 1. The molecule has 0 spiro atoms. The van der Waals surface area contributed by atoms with Crippen LogP contribution in [0.15, 0.2) is 53.3 Å². The van der Waals surface area contributed by atoms with Gasteiger partial charge in [0.15, 0.2) is 11.9 Å². The summed E-state index contributed by atoms with van der Waals surface area (Å²) in [4.78, 5) is 40.5. The number of pyridine rings is 1. The van der Waals surface area contributed by atoms with Crippen molar-refractivity contribution in [2.45, 2.75) is 39.7 Å². The van der Waals surface area contributed by atoms with Crippen LogP contribution in [0.2, 0.25) is 0 Å². The van der Waals surface area contributed by atoms with Gasteiger partial charge in [-0.15, -0.1) is 11.3 Å². The van der Waals surface area contributed by atoms with Crippen LogP contribution < -0.4 is 5.56 Å². The maximum Gasteiger partial charge on any atom is 0.339 e. The van der Waals surface area contributed by atoms with Crippen LogP contribution in [0.3, 0.4) is 0 Å². The Morgan fingerprint density at radius 3 is 2.66 bits per heavy atom. The van der Waals surface area contributed by atoms with Gasteiger partial charge < -0.3 is 14.8 Å². The molecular weight excluding hydrogens is 498 g/mol. The van der Waals surface area contributed by atoms with E-state index in [1.807, 2.05) is 56.3 Å². The second kappa shape index (κ2) is 9.22. The Morgan fingerprint density at radius 2 is 1.87 bits per heavy atom. The number of allylic oxidation sites excluding steroid dienone is 1. The number of aryl methyl sites for hydroxylation is 2. The number of hydrogen-bond acceptors (Lipinski definition) is 7. The van der Waals surface area contributed by atoms with Crippen molar-refractivity contribution in [1.29, 1.82) is 0 Å². The summed E-state index contributed by atoms with van der Waals surface area (Å²) in [7, 11) is 0. The smallest absolute Gasteiger partial charge is 0.339 e. The lowest BCUT2D eigenvalue weighted by Crippen LogP contribution is -2.18. The molecule has 5 aromatic rings. The number of carbonyl (C=O) groups excluding carboxylic acids is 1. The number of thiophene rings is 1. The number of nitrogens with zero attached hydrogens (tertiary/aromatic N) is 2. The first kappa shape index (κ1) is 24.1. The molecule has 1 aliphatic rings. The van der Waals surface area contributed by atoms with Crippen LogP contribution in [0.5, 0.6) is 5.75 Å². The number of carbonyl (C=O) groups is 1. The first-order chi connectivity index (χ1) is 18.3. The first-order valence-electron chi connectivity index (χ1n) is 12.4. The van der Waals surface area contributed by atoms with Crippen LogP contribution in [-0.4, -0.2) is 26.0 Å². The number of aromatic nitrogens is 3. The van der Waals surface area contributed by atoms with Crippen LogP contribution >= 0.6 is 11.3 Å². The molecule has 1 aliphatic carbocycles. The number of aromatic amines is 1. The highest BCUT2D eigenvalue weighted by atomic mass is 32.1. The number of H-pyrrole nitrogens is 1. The van der Waals surface area contributed by atoms with Gasteiger partial charge in [0.25, 0.3) is 5.56 Å². The summed E-state index contributed by atoms with van der Waals surface area (Å²) >= 11 is 1.46. The van der Waals surface area contributed by atoms with Crippen molar-refractivity contribution < 1.29 is 14.6 Å². The number of nitrogens with one attached hydrogen (secondary N) is 1. The van der Waals surface area contributed by atoms with Gasteiger partial charge in [-0.05, 0) is 80.2 Å². The fourth-order valence-electron chi connectivity index (χ4n) is 5.02. The van der Waals surface area contributed by atoms with Crippen molar-refractivity contribution in [2.24, 2.45) is 0 Å². The molecular formula is C30H25N3O4S. The van der Waals surface area contributed by atoms with Crippen LogP contribution in [0, 0.1) is 13.8 Å². The summed E-state index contributed by atoms with van der Waals surface area (Å²) in [6.07, 6.45) is 2.68. The van der Waals surface area contributed by atoms with Crippen LogP contribution in [0.4, 0.5) is 0 Å². The Labute approximate surface area is 222 Å². The minimum atomic E-state index is -0.752. The van der Waals surface area contributed by atoms with Gasteiger partial charge in [-0.1, -0.05) is 30.3 Å². The summed E-state index contributed by atoms with van der Waals surface area (Å²) in [5, 5.41) is 10.9. The van der Waals surface area contributed by atoms with Crippen molar-refractivity contribution in [3.63, 3.8) is 0 Å². The number of rotatable bonds is 4. The predicted molar refractivity (Wildman–Crippen MR) is 150 cm³/mol. The molecule has 38 heavy (non-hydrogen) atoms. The number of para-hydroxylation sites is 1. The maximum atomic E-state index is 13.7. The summed E-state index contributed by atoms with van der Waals surface area (Å²) < 4.78 is 5.92. The molecule has 2 aromatic carbocycles. The van der Waals surface area contributed by atoms with Crippen molar-refractivity contribution in [3.05, 3.63) is 97.5 Å². The third kappa shape index (κ3) is 4.07. The second-order valence-electron chi connectivity index (χ2n) is 9.55. The molecule has 0 aliphatic heterocycles. The zero-order valence-corrected chi connectivity index (χ0v) is 22.0. The molecule has 0 amide bonds. The van der Waals surface area contributed by atoms with E-state index in [1.54, 1.807) is 19.1 Å². The lowest BCUT2D eigenvalue weighted by molar-refractivity contribution is 0.0321. The second-order valence-corrected chi connectivity index (χ2v) is 10.8. The molecule has 2 N–H and O–H groups in total. The zero-order chi connectivity index (χ0) is 26.6. The minimum Gasteiger partial charge on any atom is -0.508 e. The van der Waals surface area contributed by atoms with E-state index in [1.165, 1.54) is 11.3 Å². The number of fused-ring (bicyclic) bond motifs is 3. The molecule has 7 nitrogen and oxygen atoms in total. The van der Waals surface area contributed by atoms with E-state index in [-0.39, 0.29) is 11.3 Å². The average molecular weight is 524 g/mol. The molecule has 6 rings (SSSR count). The van der Waals surface area contributed by atoms with E-state index < -0.39 is 12.1 Å². The third-order valence-electron chi connectivity index (χ3n) is 7.11. The number of phenols is 1. The largest absolute Gasteiger partial charge is 0.508 e. The van der Waals surface area contributed by atoms with Gasteiger partial charge in [0.05, 0.1) is 22.2 Å². The predicted octanol–water partition coefficient (Wildman–Crippen LogP) is 6.26. The van der Waals surface area contributed by atoms with Crippen molar-refractivity contribution in [1.82, 2.24) is 15.0 Å². The van der Waals surface area contributed by atoms with Gasteiger partial charge in [-0.25, -0.2) is 14.8 Å². The van der Waals surface area contributed by atoms with E-state index in [0.717, 1.165) is 44.6 Å². The lowest BCUT2D eigenvalue weighted by atomic mass is 10.0. The van der Waals surface area contributed by atoms with Gasteiger partial charge in [0.1, 0.15) is 10.6 Å². The molecule has 3 aromatic heterocycles. The highest BCUT2D eigenvalue weighted by Crippen LogP contribution is 2.38. The summed E-state index contributed by atoms with van der Waals surface area (Å²) in [5.74, 6) is 0.0566. The number of phenolic OH excluding ortho intramolecular Hbond substituents is 1. The molecule has 0 bridgehead atoms. The Hall–Kier alpha value is -4.30. The maximum absolute atomic E-state index is 13.7. The Balaban J connectivity index is 1.39. The van der Waals surface area contributed by atoms with E-state index in [2.05, 4.69) is 9.97 Å². The molecule has 1 atom stereocenters. The van der Waals surface area contributed by atoms with Crippen LogP contribution in [0.25, 0.3) is 32.8 Å². The standard InChI is InChI=1S/C30H25N3O4S/c1-15-17(3)38-29-24(15)28(35)32-27(33-29)16(2)37-30(36)25-21-6-4-5-7-23(21)31-26-19(10-13-22(25)26)14-18-8-11-20(34)12-9-18/h4-9,11-12,14,16,34H,10,13H2,1-3H3,(H,32,33,35). The fraction of sp³-hybridized carbons (Fsp3) is 0.200. The average Bonchev–Trinajstić information content (AvgIpc) is 3.43. The van der Waals surface area contributed by atoms with Gasteiger partial charge in [0, 0.05) is 10.3 Å². The van der Waals surface area contributed by atoms with Crippen LogP contribution in [-0.2, 0) is 11.2 Å². The fourth-order valence-corrected chi connectivity index (χ4v) is 6.06. The van der Waals surface area contributed by atoms with Gasteiger partial charge in [0.2, 0.25) is 0 Å². The molecule has 3 heterocycles. The lowest BCUT2D eigenvalue weighted by Gasteiger charge is -2.16. The Morgan fingerprint density at radius 1 is 1.11 bits per heavy atom.